The van der Waals surface area contributed by atoms with Gasteiger partial charge in [-0.2, -0.15) is 0 Å². The fourth-order valence-electron chi connectivity index (χ4n) is 2.31. The maximum atomic E-state index is 12.4. The number of likely N-dealkylation sites (N-methyl/N-ethyl adjacent to an activating group) is 1. The van der Waals surface area contributed by atoms with Crippen LogP contribution in [0.5, 0.6) is 5.75 Å². The van der Waals surface area contributed by atoms with Crippen LogP contribution in [0.1, 0.15) is 17.3 Å². The second-order valence-corrected chi connectivity index (χ2v) is 4.72. The first kappa shape index (κ1) is 13.7. The van der Waals surface area contributed by atoms with E-state index in [1.807, 2.05) is 4.90 Å². The topological polar surface area (TPSA) is 58.8 Å². The van der Waals surface area contributed by atoms with Gasteiger partial charge in [0, 0.05) is 43.5 Å². The van der Waals surface area contributed by atoms with Gasteiger partial charge in [-0.05, 0) is 18.7 Å². The number of hydrogen-bond donors (Lipinski definition) is 1. The highest BCUT2D eigenvalue weighted by molar-refractivity contribution is 5.95. The number of carbonyl (C=O) groups excluding carboxylic acids is 1. The Kier molecular flexibility index (Phi) is 4.27. The predicted octanol–water partition coefficient (Wildman–Crippen LogP) is 1.06. The van der Waals surface area contributed by atoms with E-state index in [9.17, 15) is 4.79 Å². The summed E-state index contributed by atoms with van der Waals surface area (Å²) in [5.74, 6) is 0.650. The minimum Gasteiger partial charge on any atom is -0.497 e. The van der Waals surface area contributed by atoms with E-state index in [-0.39, 0.29) is 5.91 Å². The van der Waals surface area contributed by atoms with Crippen LogP contribution in [0.25, 0.3) is 0 Å². The molecule has 1 aliphatic rings. The minimum absolute atomic E-state index is 0.0290. The van der Waals surface area contributed by atoms with Gasteiger partial charge in [0.15, 0.2) is 0 Å². The molecule has 1 heterocycles. The third kappa shape index (κ3) is 3.17. The molecule has 104 valence electrons. The Bertz CT molecular complexity index is 454. The number of benzene rings is 1. The summed E-state index contributed by atoms with van der Waals surface area (Å²) in [5, 5.41) is 0. The molecule has 0 aromatic heterocycles. The summed E-state index contributed by atoms with van der Waals surface area (Å²) < 4.78 is 5.15. The summed E-state index contributed by atoms with van der Waals surface area (Å²) >= 11 is 0. The quantitative estimate of drug-likeness (QED) is 0.828. The van der Waals surface area contributed by atoms with Gasteiger partial charge in [-0.25, -0.2) is 0 Å². The Morgan fingerprint density at radius 1 is 1.26 bits per heavy atom. The molecule has 1 aliphatic heterocycles. The van der Waals surface area contributed by atoms with Crippen molar-refractivity contribution in [3.05, 3.63) is 23.8 Å². The molecule has 5 nitrogen and oxygen atoms in total. The molecule has 1 fully saturated rings. The minimum atomic E-state index is 0.0290. The summed E-state index contributed by atoms with van der Waals surface area (Å²) in [4.78, 5) is 16.6. The van der Waals surface area contributed by atoms with Gasteiger partial charge in [0.25, 0.3) is 5.91 Å². The molecule has 0 unspecified atom stereocenters. The van der Waals surface area contributed by atoms with E-state index in [1.54, 1.807) is 25.3 Å². The van der Waals surface area contributed by atoms with Crippen molar-refractivity contribution >= 4 is 11.6 Å². The highest BCUT2D eigenvalue weighted by Crippen LogP contribution is 2.20. The molecule has 2 rings (SSSR count). The lowest BCUT2D eigenvalue weighted by Gasteiger charge is -2.34. The third-order valence-electron chi connectivity index (χ3n) is 3.52. The SMILES string of the molecule is CCN1CCN(C(=O)c2cc(N)cc(OC)c2)CC1. The molecule has 0 radical (unpaired) electrons. The van der Waals surface area contributed by atoms with Crippen molar-refractivity contribution in [2.24, 2.45) is 0 Å². The lowest BCUT2D eigenvalue weighted by atomic mass is 10.1. The summed E-state index contributed by atoms with van der Waals surface area (Å²) in [6.45, 7) is 6.57. The van der Waals surface area contributed by atoms with E-state index >= 15 is 0 Å². The van der Waals surface area contributed by atoms with Gasteiger partial charge in [0.05, 0.1) is 7.11 Å². The second-order valence-electron chi connectivity index (χ2n) is 4.72. The van der Waals surface area contributed by atoms with E-state index in [2.05, 4.69) is 11.8 Å². The largest absolute Gasteiger partial charge is 0.497 e. The summed E-state index contributed by atoms with van der Waals surface area (Å²) in [5.41, 5.74) is 6.94. The Labute approximate surface area is 113 Å². The molecule has 0 saturated carbocycles. The zero-order chi connectivity index (χ0) is 13.8. The molecule has 0 bridgehead atoms. The number of nitrogen functional groups attached to an aromatic ring is 1. The third-order valence-corrected chi connectivity index (χ3v) is 3.52. The number of anilines is 1. The van der Waals surface area contributed by atoms with Crippen molar-refractivity contribution < 1.29 is 9.53 Å². The van der Waals surface area contributed by atoms with Crippen LogP contribution in [0.3, 0.4) is 0 Å². The zero-order valence-corrected chi connectivity index (χ0v) is 11.6. The lowest BCUT2D eigenvalue weighted by molar-refractivity contribution is 0.0643. The maximum absolute atomic E-state index is 12.4. The number of nitrogens with two attached hydrogens (primary N) is 1. The molecule has 5 heteroatoms. The molecule has 19 heavy (non-hydrogen) atoms. The van der Waals surface area contributed by atoms with Gasteiger partial charge in [-0.3, -0.25) is 4.79 Å². The average molecular weight is 263 g/mol. The highest BCUT2D eigenvalue weighted by Gasteiger charge is 2.21. The molecule has 0 aliphatic carbocycles. The number of ether oxygens (including phenoxy) is 1. The Balaban J connectivity index is 2.09. The van der Waals surface area contributed by atoms with E-state index in [0.29, 0.717) is 17.0 Å². The normalized spacial score (nSPS) is 16.4. The smallest absolute Gasteiger partial charge is 0.254 e. The van der Waals surface area contributed by atoms with Crippen LogP contribution in [0.4, 0.5) is 5.69 Å². The van der Waals surface area contributed by atoms with E-state index in [0.717, 1.165) is 32.7 Å². The number of hydrogen-bond acceptors (Lipinski definition) is 4. The van der Waals surface area contributed by atoms with Crippen molar-refractivity contribution in [2.75, 3.05) is 45.6 Å². The first-order valence-electron chi connectivity index (χ1n) is 6.60. The zero-order valence-electron chi connectivity index (χ0n) is 11.6. The van der Waals surface area contributed by atoms with Crippen LogP contribution in [0, 0.1) is 0 Å². The average Bonchev–Trinajstić information content (AvgIpc) is 2.46. The number of piperazine rings is 1. The van der Waals surface area contributed by atoms with Gasteiger partial charge in [-0.1, -0.05) is 6.92 Å². The van der Waals surface area contributed by atoms with Crippen LogP contribution in [0.15, 0.2) is 18.2 Å². The molecule has 1 amide bonds. The molecular weight excluding hydrogens is 242 g/mol. The van der Waals surface area contributed by atoms with Crippen molar-refractivity contribution in [3.8, 4) is 5.75 Å². The molecule has 1 aromatic rings. The molecule has 0 spiro atoms. The van der Waals surface area contributed by atoms with Gasteiger partial charge in [0.2, 0.25) is 0 Å². The van der Waals surface area contributed by atoms with Crippen molar-refractivity contribution in [2.45, 2.75) is 6.92 Å². The fourth-order valence-corrected chi connectivity index (χ4v) is 2.31. The number of carbonyl (C=O) groups is 1. The first-order valence-corrected chi connectivity index (χ1v) is 6.60. The predicted molar refractivity (Wildman–Crippen MR) is 75.4 cm³/mol. The van der Waals surface area contributed by atoms with E-state index in [4.69, 9.17) is 10.5 Å². The summed E-state index contributed by atoms with van der Waals surface area (Å²) in [6, 6.07) is 5.16. The fraction of sp³-hybridized carbons (Fsp3) is 0.500. The molecule has 0 atom stereocenters. The van der Waals surface area contributed by atoms with Gasteiger partial charge < -0.3 is 20.3 Å². The Morgan fingerprint density at radius 2 is 1.95 bits per heavy atom. The summed E-state index contributed by atoms with van der Waals surface area (Å²) in [7, 11) is 1.57. The van der Waals surface area contributed by atoms with Crippen molar-refractivity contribution in [1.82, 2.24) is 9.80 Å². The number of methoxy groups -OCH3 is 1. The van der Waals surface area contributed by atoms with Crippen LogP contribution in [0.2, 0.25) is 0 Å². The van der Waals surface area contributed by atoms with Crippen LogP contribution < -0.4 is 10.5 Å². The maximum Gasteiger partial charge on any atom is 0.254 e. The van der Waals surface area contributed by atoms with Crippen molar-refractivity contribution in [1.29, 1.82) is 0 Å². The molecule has 1 saturated heterocycles. The molecule has 2 N–H and O–H groups in total. The van der Waals surface area contributed by atoms with Crippen molar-refractivity contribution in [3.63, 3.8) is 0 Å². The Hall–Kier alpha value is -1.75. The Morgan fingerprint density at radius 3 is 2.53 bits per heavy atom. The standard InChI is InChI=1S/C14H21N3O2/c1-3-16-4-6-17(7-5-16)14(18)11-8-12(15)10-13(9-11)19-2/h8-10H,3-7,15H2,1-2H3. The van der Waals surface area contributed by atoms with Gasteiger partial charge in [0.1, 0.15) is 5.75 Å². The van der Waals surface area contributed by atoms with E-state index < -0.39 is 0 Å². The molecular formula is C14H21N3O2. The van der Waals surface area contributed by atoms with Crippen LogP contribution in [-0.2, 0) is 0 Å². The van der Waals surface area contributed by atoms with Crippen LogP contribution >= 0.6 is 0 Å². The van der Waals surface area contributed by atoms with Crippen LogP contribution in [-0.4, -0.2) is 55.5 Å². The van der Waals surface area contributed by atoms with E-state index in [1.165, 1.54) is 0 Å². The highest BCUT2D eigenvalue weighted by atomic mass is 16.5. The number of rotatable bonds is 3. The second kappa shape index (κ2) is 5.93. The molecule has 1 aromatic carbocycles. The van der Waals surface area contributed by atoms with Gasteiger partial charge in [-0.15, -0.1) is 0 Å². The van der Waals surface area contributed by atoms with Gasteiger partial charge >= 0.3 is 0 Å². The lowest BCUT2D eigenvalue weighted by Crippen LogP contribution is -2.48. The number of nitrogens with zero attached hydrogens (tertiary/aromatic N) is 2. The first-order chi connectivity index (χ1) is 9.13. The monoisotopic (exact) mass is 263 g/mol. The summed E-state index contributed by atoms with van der Waals surface area (Å²) in [6.07, 6.45) is 0. The number of amides is 1.